The predicted molar refractivity (Wildman–Crippen MR) is 71.2 cm³/mol. The van der Waals surface area contributed by atoms with Crippen molar-refractivity contribution in [3.05, 3.63) is 35.4 Å². The molecule has 1 aromatic carbocycles. The highest BCUT2D eigenvalue weighted by Gasteiger charge is 2.39. The van der Waals surface area contributed by atoms with Crippen LogP contribution in [0, 0.1) is 23.7 Å². The molecule has 0 aliphatic carbocycles. The number of aryl methyl sites for hydroxylation is 1. The molecule has 1 heterocycles. The first kappa shape index (κ1) is 13.1. The van der Waals surface area contributed by atoms with E-state index in [-0.39, 0.29) is 5.41 Å². The van der Waals surface area contributed by atoms with Crippen molar-refractivity contribution >= 4 is 0 Å². The van der Waals surface area contributed by atoms with E-state index in [0.717, 1.165) is 19.5 Å². The molecule has 0 bridgehead atoms. The van der Waals surface area contributed by atoms with Crippen LogP contribution in [0.2, 0.25) is 0 Å². The quantitative estimate of drug-likeness (QED) is 0.795. The van der Waals surface area contributed by atoms with E-state index in [0.29, 0.717) is 13.2 Å². The fourth-order valence-corrected chi connectivity index (χ4v) is 2.34. The van der Waals surface area contributed by atoms with Crippen LogP contribution < -0.4 is 0 Å². The van der Waals surface area contributed by atoms with Gasteiger partial charge in [0.05, 0.1) is 19.3 Å². The van der Waals surface area contributed by atoms with Crippen LogP contribution in [0.5, 0.6) is 0 Å². The van der Waals surface area contributed by atoms with Crippen LogP contribution in [0.1, 0.15) is 11.1 Å². The molecule has 1 aliphatic rings. The molecular formula is C15H20N2O. The van der Waals surface area contributed by atoms with Crippen LogP contribution in [0.25, 0.3) is 0 Å². The van der Waals surface area contributed by atoms with E-state index < -0.39 is 0 Å². The van der Waals surface area contributed by atoms with E-state index >= 15 is 0 Å². The van der Waals surface area contributed by atoms with Crippen molar-refractivity contribution in [3.8, 4) is 6.07 Å². The van der Waals surface area contributed by atoms with Crippen LogP contribution in [-0.2, 0) is 11.2 Å². The molecule has 18 heavy (non-hydrogen) atoms. The third kappa shape index (κ3) is 2.90. The van der Waals surface area contributed by atoms with Gasteiger partial charge in [-0.15, -0.1) is 0 Å². The number of nitriles is 1. The van der Waals surface area contributed by atoms with Crippen LogP contribution in [-0.4, -0.2) is 38.3 Å². The van der Waals surface area contributed by atoms with Gasteiger partial charge in [0.2, 0.25) is 0 Å². The summed E-state index contributed by atoms with van der Waals surface area (Å²) in [6, 6.07) is 10.9. The fraction of sp³-hybridized carbons (Fsp3) is 0.533. The van der Waals surface area contributed by atoms with Crippen LogP contribution >= 0.6 is 0 Å². The zero-order valence-electron chi connectivity index (χ0n) is 11.1. The standard InChI is InChI=1S/C15H20N2O/c1-13-5-3-4-6-14(13)7-8-17(2)10-15(9-16)11-18-12-15/h3-6H,7-8,10-12H2,1-2H3. The first-order chi connectivity index (χ1) is 8.65. The lowest BCUT2D eigenvalue weighted by atomic mass is 9.87. The monoisotopic (exact) mass is 244 g/mol. The number of likely N-dealkylation sites (N-methyl/N-ethyl adjacent to an activating group) is 1. The van der Waals surface area contributed by atoms with Gasteiger partial charge in [-0.2, -0.15) is 5.26 Å². The maximum atomic E-state index is 9.16. The van der Waals surface area contributed by atoms with Gasteiger partial charge in [-0.25, -0.2) is 0 Å². The lowest BCUT2D eigenvalue weighted by Gasteiger charge is -2.38. The summed E-state index contributed by atoms with van der Waals surface area (Å²) < 4.78 is 5.16. The summed E-state index contributed by atoms with van der Waals surface area (Å²) in [5.74, 6) is 0. The second-order valence-electron chi connectivity index (χ2n) is 5.30. The Morgan fingerprint density at radius 2 is 2.11 bits per heavy atom. The van der Waals surface area contributed by atoms with E-state index in [2.05, 4.69) is 49.2 Å². The van der Waals surface area contributed by atoms with E-state index in [4.69, 9.17) is 10.00 Å². The SMILES string of the molecule is Cc1ccccc1CCN(C)CC1(C#N)COC1. The molecule has 0 N–H and O–H groups in total. The highest BCUT2D eigenvalue weighted by atomic mass is 16.5. The van der Waals surface area contributed by atoms with E-state index in [1.807, 2.05) is 0 Å². The summed E-state index contributed by atoms with van der Waals surface area (Å²) in [4.78, 5) is 2.23. The highest BCUT2D eigenvalue weighted by Crippen LogP contribution is 2.27. The lowest BCUT2D eigenvalue weighted by molar-refractivity contribution is -0.0886. The Bertz CT molecular complexity index is 446. The highest BCUT2D eigenvalue weighted by molar-refractivity contribution is 5.25. The Hall–Kier alpha value is -1.37. The molecule has 1 aliphatic heterocycles. The molecule has 0 radical (unpaired) electrons. The second kappa shape index (κ2) is 5.51. The average molecular weight is 244 g/mol. The molecule has 1 fully saturated rings. The van der Waals surface area contributed by atoms with Gasteiger partial charge in [0.1, 0.15) is 5.41 Å². The molecule has 2 rings (SSSR count). The van der Waals surface area contributed by atoms with Gasteiger partial charge in [0.25, 0.3) is 0 Å². The summed E-state index contributed by atoms with van der Waals surface area (Å²) >= 11 is 0. The minimum absolute atomic E-state index is 0.263. The molecule has 3 nitrogen and oxygen atoms in total. The number of hydrogen-bond donors (Lipinski definition) is 0. The molecule has 0 saturated carbocycles. The zero-order chi connectivity index (χ0) is 13.0. The van der Waals surface area contributed by atoms with E-state index in [9.17, 15) is 0 Å². The molecule has 0 spiro atoms. The van der Waals surface area contributed by atoms with Gasteiger partial charge >= 0.3 is 0 Å². The minimum Gasteiger partial charge on any atom is -0.378 e. The number of rotatable bonds is 5. The third-order valence-electron chi connectivity index (χ3n) is 3.59. The maximum Gasteiger partial charge on any atom is 0.116 e. The minimum atomic E-state index is -0.263. The summed E-state index contributed by atoms with van der Waals surface area (Å²) in [6.07, 6.45) is 1.03. The smallest absolute Gasteiger partial charge is 0.116 e. The average Bonchev–Trinajstić information content (AvgIpc) is 2.33. The molecule has 1 aromatic rings. The second-order valence-corrected chi connectivity index (χ2v) is 5.30. The first-order valence-corrected chi connectivity index (χ1v) is 6.37. The van der Waals surface area contributed by atoms with Crippen molar-refractivity contribution in [3.63, 3.8) is 0 Å². The van der Waals surface area contributed by atoms with E-state index in [1.165, 1.54) is 11.1 Å². The van der Waals surface area contributed by atoms with Crippen LogP contribution in [0.3, 0.4) is 0 Å². The van der Waals surface area contributed by atoms with E-state index in [1.54, 1.807) is 0 Å². The summed E-state index contributed by atoms with van der Waals surface area (Å²) in [6.45, 7) is 5.09. The fourth-order valence-electron chi connectivity index (χ4n) is 2.34. The van der Waals surface area contributed by atoms with Crippen LogP contribution in [0.15, 0.2) is 24.3 Å². The normalized spacial score (nSPS) is 17.2. The number of nitrogens with zero attached hydrogens (tertiary/aromatic N) is 2. The van der Waals surface area contributed by atoms with Crippen molar-refractivity contribution in [1.82, 2.24) is 4.90 Å². The van der Waals surface area contributed by atoms with Gasteiger partial charge < -0.3 is 9.64 Å². The van der Waals surface area contributed by atoms with Gasteiger partial charge in [-0.05, 0) is 31.5 Å². The van der Waals surface area contributed by atoms with Gasteiger partial charge in [-0.3, -0.25) is 0 Å². The number of ether oxygens (including phenoxy) is 1. The largest absolute Gasteiger partial charge is 0.378 e. The maximum absolute atomic E-state index is 9.16. The lowest BCUT2D eigenvalue weighted by Crippen LogP contribution is -2.49. The molecule has 1 saturated heterocycles. The Labute approximate surface area is 109 Å². The molecular weight excluding hydrogens is 224 g/mol. The van der Waals surface area contributed by atoms with Crippen molar-refractivity contribution in [2.75, 3.05) is 33.4 Å². The van der Waals surface area contributed by atoms with Crippen molar-refractivity contribution < 1.29 is 4.74 Å². The predicted octanol–water partition coefficient (Wildman–Crippen LogP) is 2.01. The molecule has 3 heteroatoms. The van der Waals surface area contributed by atoms with Crippen molar-refractivity contribution in [2.45, 2.75) is 13.3 Å². The summed E-state index contributed by atoms with van der Waals surface area (Å²) in [5.41, 5.74) is 2.47. The van der Waals surface area contributed by atoms with Crippen LogP contribution in [0.4, 0.5) is 0 Å². The third-order valence-corrected chi connectivity index (χ3v) is 3.59. The Morgan fingerprint density at radius 3 is 2.67 bits per heavy atom. The Kier molecular flexibility index (Phi) is 4.00. The summed E-state index contributed by atoms with van der Waals surface area (Å²) in [5, 5.41) is 9.16. The first-order valence-electron chi connectivity index (χ1n) is 6.37. The molecule has 0 aromatic heterocycles. The molecule has 96 valence electrons. The topological polar surface area (TPSA) is 36.3 Å². The Morgan fingerprint density at radius 1 is 1.39 bits per heavy atom. The Balaban J connectivity index is 1.84. The zero-order valence-corrected chi connectivity index (χ0v) is 11.1. The van der Waals surface area contributed by atoms with Crippen molar-refractivity contribution in [1.29, 1.82) is 5.26 Å². The molecule has 0 unspecified atom stereocenters. The van der Waals surface area contributed by atoms with Gasteiger partial charge in [0, 0.05) is 13.1 Å². The molecule has 0 amide bonds. The summed E-state index contributed by atoms with van der Waals surface area (Å²) in [7, 11) is 2.08. The molecule has 0 atom stereocenters. The van der Waals surface area contributed by atoms with Crippen molar-refractivity contribution in [2.24, 2.45) is 5.41 Å². The number of benzene rings is 1. The number of hydrogen-bond acceptors (Lipinski definition) is 3. The van der Waals surface area contributed by atoms with Gasteiger partial charge in [-0.1, -0.05) is 24.3 Å². The van der Waals surface area contributed by atoms with Gasteiger partial charge in [0.15, 0.2) is 0 Å².